The number of rotatable bonds is 7. The van der Waals surface area contributed by atoms with Crippen molar-refractivity contribution >= 4 is 18.3 Å². The van der Waals surface area contributed by atoms with Crippen molar-refractivity contribution in [2.45, 2.75) is 32.5 Å². The van der Waals surface area contributed by atoms with E-state index in [-0.39, 0.29) is 30.8 Å². The van der Waals surface area contributed by atoms with Crippen molar-refractivity contribution in [1.29, 1.82) is 0 Å². The highest BCUT2D eigenvalue weighted by molar-refractivity contribution is 5.85. The summed E-state index contributed by atoms with van der Waals surface area (Å²) in [5.74, 6) is 0.0828. The largest absolute Gasteiger partial charge is 0.411 e. The fourth-order valence-electron chi connectivity index (χ4n) is 2.27. The van der Waals surface area contributed by atoms with Gasteiger partial charge >= 0.3 is 6.18 Å². The molecule has 1 aliphatic heterocycles. The molecule has 1 heterocycles. The highest BCUT2D eigenvalue weighted by Gasteiger charge is 2.28. The van der Waals surface area contributed by atoms with Gasteiger partial charge in [0.25, 0.3) is 0 Å². The molecule has 1 saturated heterocycles. The number of ether oxygens (including phenoxy) is 1. The maximum Gasteiger partial charge on any atom is 0.411 e. The van der Waals surface area contributed by atoms with Crippen LogP contribution in [0, 0.1) is 5.92 Å². The van der Waals surface area contributed by atoms with Crippen LogP contribution >= 0.6 is 12.4 Å². The highest BCUT2D eigenvalue weighted by Crippen LogP contribution is 2.14. The first-order chi connectivity index (χ1) is 10.2. The lowest BCUT2D eigenvalue weighted by Gasteiger charge is -2.36. The van der Waals surface area contributed by atoms with Crippen LogP contribution in [0.3, 0.4) is 0 Å². The molecule has 0 unspecified atom stereocenters. The van der Waals surface area contributed by atoms with E-state index in [4.69, 9.17) is 5.73 Å². The normalized spacial score (nSPS) is 18.0. The summed E-state index contributed by atoms with van der Waals surface area (Å²) in [6, 6.07) is -0.470. The molecule has 5 nitrogen and oxygen atoms in total. The van der Waals surface area contributed by atoms with Gasteiger partial charge in [-0.05, 0) is 12.3 Å². The predicted octanol–water partition coefficient (Wildman–Crippen LogP) is 1.50. The Labute approximate surface area is 141 Å². The smallest absolute Gasteiger partial charge is 0.372 e. The fourth-order valence-corrected chi connectivity index (χ4v) is 2.27. The number of nitrogens with two attached hydrogens (primary N) is 1. The number of hydrogen-bond donors (Lipinski definition) is 1. The fraction of sp³-hybridized carbons (Fsp3) is 0.929. The van der Waals surface area contributed by atoms with Gasteiger partial charge in [0.1, 0.15) is 6.61 Å². The maximum absolute atomic E-state index is 12.1. The molecule has 138 valence electrons. The average molecular weight is 362 g/mol. The van der Waals surface area contributed by atoms with Crippen molar-refractivity contribution in [2.75, 3.05) is 45.9 Å². The molecule has 23 heavy (non-hydrogen) atoms. The Hall–Kier alpha value is -0.570. The van der Waals surface area contributed by atoms with Crippen LogP contribution in [-0.4, -0.2) is 73.9 Å². The van der Waals surface area contributed by atoms with E-state index in [9.17, 15) is 18.0 Å². The Morgan fingerprint density at radius 2 is 1.78 bits per heavy atom. The molecular formula is C14H27ClF3N3O2. The molecule has 0 aromatic heterocycles. The van der Waals surface area contributed by atoms with E-state index in [1.165, 1.54) is 0 Å². The lowest BCUT2D eigenvalue weighted by Crippen LogP contribution is -2.54. The Morgan fingerprint density at radius 3 is 2.26 bits per heavy atom. The van der Waals surface area contributed by atoms with Gasteiger partial charge < -0.3 is 15.4 Å². The van der Waals surface area contributed by atoms with Crippen LogP contribution in [0.1, 0.15) is 20.3 Å². The SMILES string of the molecule is CC(C)[C@H](N)C(=O)N1CCN(CCCOCC(F)(F)F)CC1.Cl. The molecule has 0 bridgehead atoms. The summed E-state index contributed by atoms with van der Waals surface area (Å²) >= 11 is 0. The molecule has 1 amide bonds. The lowest BCUT2D eigenvalue weighted by atomic mass is 10.0. The minimum atomic E-state index is -4.26. The van der Waals surface area contributed by atoms with Crippen molar-refractivity contribution in [2.24, 2.45) is 11.7 Å². The minimum absolute atomic E-state index is 0. The lowest BCUT2D eigenvalue weighted by molar-refractivity contribution is -0.174. The zero-order valence-electron chi connectivity index (χ0n) is 13.6. The Morgan fingerprint density at radius 1 is 1.22 bits per heavy atom. The molecule has 0 saturated carbocycles. The molecule has 1 atom stereocenters. The van der Waals surface area contributed by atoms with Crippen molar-refractivity contribution in [3.8, 4) is 0 Å². The maximum atomic E-state index is 12.1. The standard InChI is InChI=1S/C14H26F3N3O2.ClH/c1-11(2)12(18)13(21)20-7-5-19(6-8-20)4-3-9-22-10-14(15,16)17;/h11-12H,3-10,18H2,1-2H3;1H/t12-;/m0./s1. The van der Waals surface area contributed by atoms with E-state index < -0.39 is 18.8 Å². The molecule has 2 N–H and O–H groups in total. The number of carbonyl (C=O) groups excluding carboxylic acids is 1. The summed E-state index contributed by atoms with van der Waals surface area (Å²) in [6.07, 6.45) is -3.71. The number of alkyl halides is 3. The third-order valence-corrected chi connectivity index (χ3v) is 3.72. The zero-order valence-corrected chi connectivity index (χ0v) is 14.5. The van der Waals surface area contributed by atoms with E-state index in [1.807, 2.05) is 13.8 Å². The Balaban J connectivity index is 0.00000484. The number of hydrogen-bond acceptors (Lipinski definition) is 4. The van der Waals surface area contributed by atoms with Crippen molar-refractivity contribution in [1.82, 2.24) is 9.80 Å². The number of piperazine rings is 1. The second-order valence-electron chi connectivity index (χ2n) is 5.96. The van der Waals surface area contributed by atoms with Crippen LogP contribution in [0.15, 0.2) is 0 Å². The van der Waals surface area contributed by atoms with Crippen molar-refractivity contribution in [3.63, 3.8) is 0 Å². The third-order valence-electron chi connectivity index (χ3n) is 3.72. The van der Waals surface area contributed by atoms with Gasteiger partial charge in [-0.3, -0.25) is 9.69 Å². The predicted molar refractivity (Wildman–Crippen MR) is 84.6 cm³/mol. The molecule has 9 heteroatoms. The van der Waals surface area contributed by atoms with Gasteiger partial charge in [-0.2, -0.15) is 13.2 Å². The van der Waals surface area contributed by atoms with Gasteiger partial charge in [0.05, 0.1) is 6.04 Å². The van der Waals surface area contributed by atoms with Crippen LogP contribution < -0.4 is 5.73 Å². The summed E-state index contributed by atoms with van der Waals surface area (Å²) in [4.78, 5) is 16.0. The van der Waals surface area contributed by atoms with Crippen molar-refractivity contribution in [3.05, 3.63) is 0 Å². The number of nitrogens with zero attached hydrogens (tertiary/aromatic N) is 2. The third kappa shape index (κ3) is 8.74. The van der Waals surface area contributed by atoms with Gasteiger partial charge in [-0.15, -0.1) is 12.4 Å². The van der Waals surface area contributed by atoms with Gasteiger partial charge in [0.2, 0.25) is 5.91 Å². The average Bonchev–Trinajstić information content (AvgIpc) is 2.44. The number of amides is 1. The second kappa shape index (κ2) is 10.3. The first kappa shape index (κ1) is 22.4. The molecule has 0 aromatic carbocycles. The molecule has 1 rings (SSSR count). The molecule has 1 fully saturated rings. The summed E-state index contributed by atoms with van der Waals surface area (Å²) < 4.78 is 40.3. The Kier molecular flexibility index (Phi) is 10.1. The molecule has 0 radical (unpaired) electrons. The molecule has 0 spiro atoms. The van der Waals surface area contributed by atoms with Gasteiger partial charge in [0, 0.05) is 39.3 Å². The van der Waals surface area contributed by atoms with Crippen LogP contribution in [-0.2, 0) is 9.53 Å². The number of halogens is 4. The molecule has 1 aliphatic rings. The molecule has 0 aromatic rings. The zero-order chi connectivity index (χ0) is 16.8. The number of carbonyl (C=O) groups is 1. The minimum Gasteiger partial charge on any atom is -0.372 e. The van der Waals surface area contributed by atoms with Crippen LogP contribution in [0.25, 0.3) is 0 Å². The molecule has 0 aliphatic carbocycles. The van der Waals surface area contributed by atoms with Gasteiger partial charge in [0.15, 0.2) is 0 Å². The molecular weight excluding hydrogens is 335 g/mol. The highest BCUT2D eigenvalue weighted by atomic mass is 35.5. The van der Waals surface area contributed by atoms with E-state index >= 15 is 0 Å². The van der Waals surface area contributed by atoms with E-state index in [2.05, 4.69) is 9.64 Å². The quantitative estimate of drug-likeness (QED) is 0.698. The van der Waals surface area contributed by atoms with Crippen molar-refractivity contribution < 1.29 is 22.7 Å². The Bertz CT molecular complexity index is 349. The topological polar surface area (TPSA) is 58.8 Å². The summed E-state index contributed by atoms with van der Waals surface area (Å²) in [5.41, 5.74) is 5.86. The first-order valence-corrected chi connectivity index (χ1v) is 7.62. The van der Waals surface area contributed by atoms with E-state index in [1.54, 1.807) is 4.90 Å². The van der Waals surface area contributed by atoms with Crippen LogP contribution in [0.2, 0.25) is 0 Å². The van der Waals surface area contributed by atoms with Crippen LogP contribution in [0.4, 0.5) is 13.2 Å². The summed E-state index contributed by atoms with van der Waals surface area (Å²) in [6.45, 7) is 6.08. The van der Waals surface area contributed by atoms with E-state index in [0.29, 0.717) is 26.1 Å². The van der Waals surface area contributed by atoms with Gasteiger partial charge in [-0.1, -0.05) is 13.8 Å². The second-order valence-corrected chi connectivity index (χ2v) is 5.96. The first-order valence-electron chi connectivity index (χ1n) is 7.62. The van der Waals surface area contributed by atoms with Gasteiger partial charge in [-0.25, -0.2) is 0 Å². The van der Waals surface area contributed by atoms with E-state index in [0.717, 1.165) is 13.1 Å². The summed E-state index contributed by atoms with van der Waals surface area (Å²) in [5, 5.41) is 0. The monoisotopic (exact) mass is 361 g/mol. The summed E-state index contributed by atoms with van der Waals surface area (Å²) in [7, 11) is 0. The van der Waals surface area contributed by atoms with Crippen LogP contribution in [0.5, 0.6) is 0 Å².